The van der Waals surface area contributed by atoms with E-state index < -0.39 is 0 Å². The van der Waals surface area contributed by atoms with E-state index in [1.807, 2.05) is 0 Å². The lowest BCUT2D eigenvalue weighted by molar-refractivity contribution is -0.139. The van der Waals surface area contributed by atoms with Crippen molar-refractivity contribution in [2.75, 3.05) is 18.6 Å². The van der Waals surface area contributed by atoms with Crippen LogP contribution in [0.5, 0.6) is 0 Å². The van der Waals surface area contributed by atoms with E-state index in [0.717, 1.165) is 12.2 Å². The van der Waals surface area contributed by atoms with Crippen molar-refractivity contribution < 1.29 is 9.53 Å². The minimum atomic E-state index is -0.143. The molecule has 1 unspecified atom stereocenters. The molecular formula is C12H15NO2. The molecule has 1 aromatic rings. The molecule has 3 heteroatoms. The maximum absolute atomic E-state index is 11.3. The van der Waals surface area contributed by atoms with Crippen molar-refractivity contribution in [2.24, 2.45) is 0 Å². The zero-order chi connectivity index (χ0) is 11.0. The molecule has 1 heterocycles. The molecule has 1 aromatic carbocycles. The lowest BCUT2D eigenvalue weighted by Gasteiger charge is -2.09. The van der Waals surface area contributed by atoms with Crippen LogP contribution in [0.3, 0.4) is 0 Å². The van der Waals surface area contributed by atoms with E-state index in [1.54, 1.807) is 0 Å². The van der Waals surface area contributed by atoms with Crippen LogP contribution < -0.4 is 4.90 Å². The Labute approximate surface area is 89.7 Å². The summed E-state index contributed by atoms with van der Waals surface area (Å²) in [4.78, 5) is 13.4. The van der Waals surface area contributed by atoms with Gasteiger partial charge in [-0.15, -0.1) is 0 Å². The molecule has 0 N–H and O–H groups in total. The fraction of sp³-hybridized carbons (Fsp3) is 0.417. The summed E-state index contributed by atoms with van der Waals surface area (Å²) < 4.78 is 4.72. The topological polar surface area (TPSA) is 29.3 Å². The highest BCUT2D eigenvalue weighted by molar-refractivity contribution is 5.87. The van der Waals surface area contributed by atoms with Gasteiger partial charge in [-0.2, -0.15) is 0 Å². The number of carbonyl (C=O) groups is 1. The summed E-state index contributed by atoms with van der Waals surface area (Å²) >= 11 is 0. The lowest BCUT2D eigenvalue weighted by atomic mass is 10.1. The molecular weight excluding hydrogens is 190 g/mol. The zero-order valence-corrected chi connectivity index (χ0v) is 9.28. The van der Waals surface area contributed by atoms with Gasteiger partial charge in [-0.25, -0.2) is 4.79 Å². The number of hydrogen-bond acceptors (Lipinski definition) is 3. The first-order valence-corrected chi connectivity index (χ1v) is 5.05. The van der Waals surface area contributed by atoms with E-state index in [2.05, 4.69) is 36.9 Å². The number of aryl methyl sites for hydroxylation is 2. The smallest absolute Gasteiger partial charge is 0.330 e. The molecule has 0 aliphatic carbocycles. The summed E-state index contributed by atoms with van der Waals surface area (Å²) in [6.45, 7) is 4.89. The van der Waals surface area contributed by atoms with Gasteiger partial charge in [-0.05, 0) is 31.0 Å². The Bertz CT molecular complexity index is 401. The van der Waals surface area contributed by atoms with Gasteiger partial charge in [0.2, 0.25) is 0 Å². The Hall–Kier alpha value is -1.51. The van der Waals surface area contributed by atoms with E-state index in [9.17, 15) is 4.79 Å². The third-order valence-corrected chi connectivity index (χ3v) is 2.76. The van der Waals surface area contributed by atoms with Crippen molar-refractivity contribution in [3.05, 3.63) is 29.3 Å². The Morgan fingerprint density at radius 2 is 2.20 bits per heavy atom. The predicted molar refractivity (Wildman–Crippen MR) is 59.1 cm³/mol. The maximum Gasteiger partial charge on any atom is 0.330 e. The van der Waals surface area contributed by atoms with Crippen LogP contribution in [-0.4, -0.2) is 25.7 Å². The second-order valence-electron chi connectivity index (χ2n) is 3.98. The number of carbonyl (C=O) groups excluding carboxylic acids is 1. The minimum Gasteiger partial charge on any atom is -0.467 e. The van der Waals surface area contributed by atoms with E-state index in [-0.39, 0.29) is 12.0 Å². The van der Waals surface area contributed by atoms with Crippen molar-refractivity contribution in [3.63, 3.8) is 0 Å². The van der Waals surface area contributed by atoms with Crippen molar-refractivity contribution in [3.8, 4) is 0 Å². The SMILES string of the molecule is COC(=O)C1CN1c1cc(C)ccc1C. The van der Waals surface area contributed by atoms with E-state index in [0.29, 0.717) is 0 Å². The van der Waals surface area contributed by atoms with Crippen molar-refractivity contribution >= 4 is 11.7 Å². The van der Waals surface area contributed by atoms with Crippen LogP contribution in [0.15, 0.2) is 18.2 Å². The maximum atomic E-state index is 11.3. The Morgan fingerprint density at radius 1 is 1.47 bits per heavy atom. The van der Waals surface area contributed by atoms with Crippen LogP contribution in [0, 0.1) is 13.8 Å². The Balaban J connectivity index is 2.19. The quantitative estimate of drug-likeness (QED) is 0.543. The zero-order valence-electron chi connectivity index (χ0n) is 9.28. The number of esters is 1. The summed E-state index contributed by atoms with van der Waals surface area (Å²) in [6, 6.07) is 6.20. The standard InChI is InChI=1S/C12H15NO2/c1-8-4-5-9(2)10(6-8)13-7-11(13)12(14)15-3/h4-6,11H,7H2,1-3H3. The van der Waals surface area contributed by atoms with Crippen LogP contribution in [0.25, 0.3) is 0 Å². The molecule has 0 saturated carbocycles. The van der Waals surface area contributed by atoms with Crippen LogP contribution in [0.4, 0.5) is 5.69 Å². The number of ether oxygens (including phenoxy) is 1. The van der Waals surface area contributed by atoms with E-state index in [1.165, 1.54) is 18.2 Å². The summed E-state index contributed by atoms with van der Waals surface area (Å²) in [5, 5.41) is 0. The van der Waals surface area contributed by atoms with Gasteiger partial charge in [0.15, 0.2) is 0 Å². The lowest BCUT2D eigenvalue weighted by Crippen LogP contribution is -2.14. The third kappa shape index (κ3) is 1.82. The second-order valence-corrected chi connectivity index (χ2v) is 3.98. The van der Waals surface area contributed by atoms with Gasteiger partial charge in [-0.1, -0.05) is 12.1 Å². The van der Waals surface area contributed by atoms with Crippen molar-refractivity contribution in [1.82, 2.24) is 0 Å². The minimum absolute atomic E-state index is 0.0736. The summed E-state index contributed by atoms with van der Waals surface area (Å²) in [6.07, 6.45) is 0. The van der Waals surface area contributed by atoms with E-state index in [4.69, 9.17) is 4.74 Å². The highest BCUT2D eigenvalue weighted by Crippen LogP contribution is 2.31. The highest BCUT2D eigenvalue weighted by atomic mass is 16.5. The summed E-state index contributed by atoms with van der Waals surface area (Å²) in [5.41, 5.74) is 3.56. The second kappa shape index (κ2) is 3.57. The van der Waals surface area contributed by atoms with Crippen LogP contribution in [0.2, 0.25) is 0 Å². The molecule has 15 heavy (non-hydrogen) atoms. The molecule has 1 aliphatic heterocycles. The number of nitrogens with zero attached hydrogens (tertiary/aromatic N) is 1. The van der Waals surface area contributed by atoms with Crippen LogP contribution in [0.1, 0.15) is 11.1 Å². The average molecular weight is 205 g/mol. The van der Waals surface area contributed by atoms with Gasteiger partial charge in [0.25, 0.3) is 0 Å². The normalized spacial score (nSPS) is 18.9. The average Bonchev–Trinajstić information content (AvgIpc) is 3.00. The van der Waals surface area contributed by atoms with Gasteiger partial charge < -0.3 is 9.64 Å². The molecule has 0 aromatic heterocycles. The molecule has 1 fully saturated rings. The van der Waals surface area contributed by atoms with Crippen LogP contribution in [-0.2, 0) is 9.53 Å². The molecule has 1 saturated heterocycles. The molecule has 0 spiro atoms. The number of anilines is 1. The number of rotatable bonds is 2. The Kier molecular flexibility index (Phi) is 2.39. The van der Waals surface area contributed by atoms with Crippen LogP contribution >= 0.6 is 0 Å². The first kappa shape index (κ1) is 10.0. The fourth-order valence-corrected chi connectivity index (χ4v) is 1.77. The molecule has 0 radical (unpaired) electrons. The first-order valence-electron chi connectivity index (χ1n) is 5.05. The molecule has 2 rings (SSSR count). The third-order valence-electron chi connectivity index (χ3n) is 2.76. The first-order chi connectivity index (χ1) is 7.13. The van der Waals surface area contributed by atoms with Gasteiger partial charge in [0, 0.05) is 5.69 Å². The number of hydrogen-bond donors (Lipinski definition) is 0. The van der Waals surface area contributed by atoms with Gasteiger partial charge in [0.05, 0.1) is 13.7 Å². The van der Waals surface area contributed by atoms with Crippen molar-refractivity contribution in [1.29, 1.82) is 0 Å². The largest absolute Gasteiger partial charge is 0.467 e. The van der Waals surface area contributed by atoms with Crippen molar-refractivity contribution in [2.45, 2.75) is 19.9 Å². The van der Waals surface area contributed by atoms with Gasteiger partial charge >= 0.3 is 5.97 Å². The molecule has 0 bridgehead atoms. The molecule has 3 nitrogen and oxygen atoms in total. The highest BCUT2D eigenvalue weighted by Gasteiger charge is 2.42. The Morgan fingerprint density at radius 3 is 2.87 bits per heavy atom. The molecule has 1 aliphatic rings. The molecule has 1 atom stereocenters. The monoisotopic (exact) mass is 205 g/mol. The summed E-state index contributed by atoms with van der Waals surface area (Å²) in [7, 11) is 1.43. The number of benzene rings is 1. The van der Waals surface area contributed by atoms with E-state index >= 15 is 0 Å². The van der Waals surface area contributed by atoms with Gasteiger partial charge in [0.1, 0.15) is 6.04 Å². The van der Waals surface area contributed by atoms with Gasteiger partial charge in [-0.3, -0.25) is 0 Å². The molecule has 80 valence electrons. The summed E-state index contributed by atoms with van der Waals surface area (Å²) in [5.74, 6) is -0.143. The molecule has 0 amide bonds. The number of methoxy groups -OCH3 is 1. The predicted octanol–water partition coefficient (Wildman–Crippen LogP) is 1.67. The fourth-order valence-electron chi connectivity index (χ4n) is 1.77.